The van der Waals surface area contributed by atoms with Crippen LogP contribution in [0.25, 0.3) is 0 Å². The van der Waals surface area contributed by atoms with Crippen LogP contribution in [0.15, 0.2) is 41.3 Å². The SMILES string of the molecule is COC(=O)c1cc(Cl)cc(Cl)c1SN1C(=O)c2ccccc2C1=O. The molecule has 122 valence electrons. The number of carbonyl (C=O) groups excluding carboxylic acids is 3. The number of rotatable bonds is 3. The van der Waals surface area contributed by atoms with E-state index in [1.54, 1.807) is 24.3 Å². The standard InChI is InChI=1S/C16H9Cl2NO4S/c1-23-16(22)11-6-8(17)7-12(18)13(11)24-19-14(20)9-4-2-3-5-10(9)15(19)21/h2-7H,1H3. The third-order valence-corrected chi connectivity index (χ3v) is 5.12. The van der Waals surface area contributed by atoms with Gasteiger partial charge >= 0.3 is 5.97 Å². The van der Waals surface area contributed by atoms with Crippen LogP contribution >= 0.6 is 35.1 Å². The van der Waals surface area contributed by atoms with Crippen LogP contribution in [0, 0.1) is 0 Å². The van der Waals surface area contributed by atoms with Crippen molar-refractivity contribution in [2.75, 3.05) is 7.11 Å². The van der Waals surface area contributed by atoms with Gasteiger partial charge in [0.05, 0.1) is 33.7 Å². The van der Waals surface area contributed by atoms with Gasteiger partial charge in [-0.3, -0.25) is 9.59 Å². The average Bonchev–Trinajstić information content (AvgIpc) is 2.81. The molecule has 0 saturated heterocycles. The molecule has 0 radical (unpaired) electrons. The van der Waals surface area contributed by atoms with Gasteiger partial charge in [0, 0.05) is 17.0 Å². The van der Waals surface area contributed by atoms with Gasteiger partial charge in [0.15, 0.2) is 0 Å². The van der Waals surface area contributed by atoms with Crippen LogP contribution in [0.1, 0.15) is 31.1 Å². The minimum atomic E-state index is -0.668. The first-order valence-electron chi connectivity index (χ1n) is 6.67. The Kier molecular flexibility index (Phi) is 4.54. The number of amides is 2. The zero-order valence-electron chi connectivity index (χ0n) is 12.2. The highest BCUT2D eigenvalue weighted by Gasteiger charge is 2.37. The molecule has 1 aliphatic rings. The molecular formula is C16H9Cl2NO4S. The Balaban J connectivity index is 2.03. The number of halogens is 2. The van der Waals surface area contributed by atoms with E-state index in [1.165, 1.54) is 19.2 Å². The number of methoxy groups -OCH3 is 1. The molecule has 0 saturated carbocycles. The Bertz CT molecular complexity index is 849. The second kappa shape index (κ2) is 6.47. The summed E-state index contributed by atoms with van der Waals surface area (Å²) in [7, 11) is 1.22. The van der Waals surface area contributed by atoms with E-state index in [0.29, 0.717) is 11.1 Å². The van der Waals surface area contributed by atoms with Crippen molar-refractivity contribution >= 4 is 52.9 Å². The van der Waals surface area contributed by atoms with Crippen molar-refractivity contribution in [2.45, 2.75) is 4.90 Å². The van der Waals surface area contributed by atoms with Gasteiger partial charge < -0.3 is 4.74 Å². The summed E-state index contributed by atoms with van der Waals surface area (Å²) in [5.41, 5.74) is 0.691. The lowest BCUT2D eigenvalue weighted by molar-refractivity contribution is 0.0595. The van der Waals surface area contributed by atoms with Crippen molar-refractivity contribution in [3.63, 3.8) is 0 Å². The number of fused-ring (bicyclic) bond motifs is 1. The highest BCUT2D eigenvalue weighted by molar-refractivity contribution is 7.98. The molecule has 2 amide bonds. The Morgan fingerprint density at radius 1 is 1.08 bits per heavy atom. The van der Waals surface area contributed by atoms with Crippen molar-refractivity contribution in [1.82, 2.24) is 4.31 Å². The van der Waals surface area contributed by atoms with Crippen LogP contribution in [0.3, 0.4) is 0 Å². The van der Waals surface area contributed by atoms with Crippen molar-refractivity contribution in [3.8, 4) is 0 Å². The summed E-state index contributed by atoms with van der Waals surface area (Å²) >= 11 is 12.9. The van der Waals surface area contributed by atoms with E-state index in [0.717, 1.165) is 16.3 Å². The number of esters is 1. The van der Waals surface area contributed by atoms with Crippen molar-refractivity contribution in [1.29, 1.82) is 0 Å². The predicted molar refractivity (Wildman–Crippen MR) is 90.6 cm³/mol. The quantitative estimate of drug-likeness (QED) is 0.455. The van der Waals surface area contributed by atoms with Gasteiger partial charge in [-0.2, -0.15) is 0 Å². The molecular weight excluding hydrogens is 373 g/mol. The van der Waals surface area contributed by atoms with E-state index in [2.05, 4.69) is 0 Å². The maximum absolute atomic E-state index is 12.4. The third-order valence-electron chi connectivity index (χ3n) is 3.35. The van der Waals surface area contributed by atoms with E-state index in [-0.39, 0.29) is 20.5 Å². The molecule has 0 spiro atoms. The highest BCUT2D eigenvalue weighted by Crippen LogP contribution is 2.39. The van der Waals surface area contributed by atoms with E-state index >= 15 is 0 Å². The number of hydrogen-bond acceptors (Lipinski definition) is 5. The largest absolute Gasteiger partial charge is 0.465 e. The highest BCUT2D eigenvalue weighted by atomic mass is 35.5. The van der Waals surface area contributed by atoms with Crippen LogP contribution < -0.4 is 0 Å². The molecule has 1 heterocycles. The second-order valence-electron chi connectivity index (χ2n) is 4.80. The smallest absolute Gasteiger partial charge is 0.339 e. The lowest BCUT2D eigenvalue weighted by Crippen LogP contribution is -2.22. The lowest BCUT2D eigenvalue weighted by Gasteiger charge is -2.16. The summed E-state index contributed by atoms with van der Waals surface area (Å²) in [5, 5.41) is 0.386. The van der Waals surface area contributed by atoms with Crippen LogP contribution in [0.5, 0.6) is 0 Å². The Hall–Kier alpha value is -2.02. The third kappa shape index (κ3) is 2.77. The van der Waals surface area contributed by atoms with E-state index in [1.807, 2.05) is 0 Å². The Morgan fingerprint density at radius 2 is 1.67 bits per heavy atom. The molecule has 0 aliphatic carbocycles. The molecule has 0 aromatic heterocycles. The first-order chi connectivity index (χ1) is 11.4. The molecule has 2 aromatic rings. The molecule has 1 aliphatic heterocycles. The maximum Gasteiger partial charge on any atom is 0.339 e. The number of hydrogen-bond donors (Lipinski definition) is 0. The zero-order valence-corrected chi connectivity index (χ0v) is 14.5. The van der Waals surface area contributed by atoms with E-state index in [4.69, 9.17) is 27.9 Å². The van der Waals surface area contributed by atoms with Gasteiger partial charge in [-0.25, -0.2) is 9.10 Å². The number of ether oxygens (including phenoxy) is 1. The summed E-state index contributed by atoms with van der Waals surface area (Å²) < 4.78 is 5.67. The van der Waals surface area contributed by atoms with Crippen LogP contribution in [-0.2, 0) is 4.74 Å². The molecule has 5 nitrogen and oxygen atoms in total. The van der Waals surface area contributed by atoms with Crippen LogP contribution in [0.2, 0.25) is 10.0 Å². The molecule has 8 heteroatoms. The first-order valence-corrected chi connectivity index (χ1v) is 8.20. The number of imide groups is 1. The molecule has 0 atom stereocenters. The molecule has 2 aromatic carbocycles. The molecule has 24 heavy (non-hydrogen) atoms. The lowest BCUT2D eigenvalue weighted by atomic mass is 10.1. The normalized spacial score (nSPS) is 13.2. The summed E-state index contributed by atoms with van der Waals surface area (Å²) in [5.74, 6) is -1.61. The summed E-state index contributed by atoms with van der Waals surface area (Å²) in [6, 6.07) is 9.29. The summed E-state index contributed by atoms with van der Waals surface area (Å²) in [4.78, 5) is 37.1. The van der Waals surface area contributed by atoms with E-state index < -0.39 is 17.8 Å². The summed E-state index contributed by atoms with van der Waals surface area (Å²) in [6.07, 6.45) is 0. The minimum absolute atomic E-state index is 0.0801. The van der Waals surface area contributed by atoms with Gasteiger partial charge in [-0.05, 0) is 24.3 Å². The monoisotopic (exact) mass is 381 g/mol. The van der Waals surface area contributed by atoms with Crippen LogP contribution in [0.4, 0.5) is 0 Å². The van der Waals surface area contributed by atoms with Gasteiger partial charge in [0.25, 0.3) is 11.8 Å². The maximum atomic E-state index is 12.4. The predicted octanol–water partition coefficient (Wildman–Crippen LogP) is 4.08. The topological polar surface area (TPSA) is 63.7 Å². The Morgan fingerprint density at radius 3 is 2.21 bits per heavy atom. The molecule has 3 rings (SSSR count). The van der Waals surface area contributed by atoms with Gasteiger partial charge in [-0.1, -0.05) is 35.3 Å². The van der Waals surface area contributed by atoms with Crippen molar-refractivity contribution in [2.24, 2.45) is 0 Å². The fraction of sp³-hybridized carbons (Fsp3) is 0.0625. The minimum Gasteiger partial charge on any atom is -0.465 e. The average molecular weight is 382 g/mol. The van der Waals surface area contributed by atoms with Gasteiger partial charge in [-0.15, -0.1) is 0 Å². The van der Waals surface area contributed by atoms with Gasteiger partial charge in [0.2, 0.25) is 0 Å². The number of carbonyl (C=O) groups is 3. The first kappa shape index (κ1) is 16.8. The van der Waals surface area contributed by atoms with Crippen molar-refractivity contribution < 1.29 is 19.1 Å². The molecule has 0 N–H and O–H groups in total. The van der Waals surface area contributed by atoms with Gasteiger partial charge in [0.1, 0.15) is 0 Å². The second-order valence-corrected chi connectivity index (χ2v) is 6.60. The fourth-order valence-corrected chi connectivity index (χ4v) is 3.78. The van der Waals surface area contributed by atoms with Crippen molar-refractivity contribution in [3.05, 3.63) is 63.1 Å². The number of nitrogens with zero attached hydrogens (tertiary/aromatic N) is 1. The molecule has 0 fully saturated rings. The fourth-order valence-electron chi connectivity index (χ4n) is 2.26. The van der Waals surface area contributed by atoms with Crippen LogP contribution in [-0.4, -0.2) is 29.2 Å². The molecule has 0 bridgehead atoms. The zero-order chi connectivity index (χ0) is 17.4. The summed E-state index contributed by atoms with van der Waals surface area (Å²) in [6.45, 7) is 0. The number of benzene rings is 2. The van der Waals surface area contributed by atoms with E-state index in [9.17, 15) is 14.4 Å². The Labute approximate surface area is 151 Å². The molecule has 0 unspecified atom stereocenters.